The Labute approximate surface area is 165 Å². The number of hydrogen-bond acceptors (Lipinski definition) is 8. The summed E-state index contributed by atoms with van der Waals surface area (Å²) in [6, 6.07) is 4.51. The van der Waals surface area contributed by atoms with Crippen molar-refractivity contribution >= 4 is 46.2 Å². The molecule has 148 valence electrons. The van der Waals surface area contributed by atoms with E-state index in [1.807, 2.05) is 13.8 Å². The number of halogens is 1. The van der Waals surface area contributed by atoms with Gasteiger partial charge in [-0.2, -0.15) is 9.97 Å². The SMILES string of the molecule is CC(O)CNc1nc(Nc2ccc(C(=O)O)c(Cl)c2)c2nnn(C(C)C)c2n1. The van der Waals surface area contributed by atoms with Crippen molar-refractivity contribution < 1.29 is 15.0 Å². The van der Waals surface area contributed by atoms with Crippen LogP contribution in [0.5, 0.6) is 0 Å². The van der Waals surface area contributed by atoms with Gasteiger partial charge in [0.1, 0.15) is 0 Å². The molecule has 0 spiro atoms. The van der Waals surface area contributed by atoms with Crippen LogP contribution in [0.3, 0.4) is 0 Å². The van der Waals surface area contributed by atoms with Crippen molar-refractivity contribution in [1.29, 1.82) is 0 Å². The topological polar surface area (TPSA) is 138 Å². The summed E-state index contributed by atoms with van der Waals surface area (Å²) in [5.74, 6) is -0.428. The lowest BCUT2D eigenvalue weighted by atomic mass is 10.2. The van der Waals surface area contributed by atoms with Crippen LogP contribution in [0.15, 0.2) is 18.2 Å². The van der Waals surface area contributed by atoms with E-state index in [9.17, 15) is 9.90 Å². The molecule has 0 aliphatic carbocycles. The maximum atomic E-state index is 11.1. The van der Waals surface area contributed by atoms with Gasteiger partial charge in [-0.05, 0) is 39.0 Å². The number of aliphatic hydroxyl groups excluding tert-OH is 1. The fourth-order valence-corrected chi connectivity index (χ4v) is 2.75. The first-order valence-electron chi connectivity index (χ1n) is 8.61. The number of nitrogens with one attached hydrogen (secondary N) is 2. The number of anilines is 3. The van der Waals surface area contributed by atoms with Crippen molar-refractivity contribution in [2.24, 2.45) is 0 Å². The summed E-state index contributed by atoms with van der Waals surface area (Å²) in [7, 11) is 0. The monoisotopic (exact) mass is 405 g/mol. The van der Waals surface area contributed by atoms with Gasteiger partial charge in [-0.3, -0.25) is 0 Å². The molecule has 0 fully saturated rings. The quantitative estimate of drug-likeness (QED) is 0.467. The molecule has 2 aromatic heterocycles. The largest absolute Gasteiger partial charge is 0.478 e. The Morgan fingerprint density at radius 3 is 2.64 bits per heavy atom. The normalized spacial score (nSPS) is 12.4. The molecule has 1 unspecified atom stereocenters. The van der Waals surface area contributed by atoms with Crippen LogP contribution in [0.25, 0.3) is 11.2 Å². The molecule has 3 rings (SSSR count). The molecule has 28 heavy (non-hydrogen) atoms. The Hall–Kier alpha value is -2.98. The molecule has 0 amide bonds. The number of aromatic carboxylic acids is 1. The number of carbonyl (C=O) groups is 1. The standard InChI is InChI=1S/C17H20ClN7O3/c1-8(2)25-15-13(23-24-25)14(21-17(22-15)19-7-9(3)26)20-10-4-5-11(16(27)28)12(18)6-10/h4-6,8-9,26H,7H2,1-3H3,(H,27,28)(H2,19,20,21,22). The number of fused-ring (bicyclic) bond motifs is 1. The molecular weight excluding hydrogens is 386 g/mol. The Kier molecular flexibility index (Phi) is 5.61. The molecule has 0 aliphatic rings. The number of aliphatic hydroxyl groups is 1. The lowest BCUT2D eigenvalue weighted by molar-refractivity contribution is 0.0697. The first kappa shape index (κ1) is 19.8. The van der Waals surface area contributed by atoms with Gasteiger partial charge in [0.05, 0.1) is 22.7 Å². The zero-order valence-electron chi connectivity index (χ0n) is 15.5. The van der Waals surface area contributed by atoms with Gasteiger partial charge in [0.2, 0.25) is 5.95 Å². The summed E-state index contributed by atoms with van der Waals surface area (Å²) >= 11 is 6.04. The lowest BCUT2D eigenvalue weighted by Crippen LogP contribution is -2.17. The van der Waals surface area contributed by atoms with Crippen LogP contribution in [-0.4, -0.2) is 53.8 Å². The van der Waals surface area contributed by atoms with E-state index in [2.05, 4.69) is 30.9 Å². The van der Waals surface area contributed by atoms with Crippen molar-refractivity contribution in [3.63, 3.8) is 0 Å². The van der Waals surface area contributed by atoms with Gasteiger partial charge in [-0.25, -0.2) is 9.48 Å². The summed E-state index contributed by atoms with van der Waals surface area (Å²) in [5, 5.41) is 33.1. The molecule has 1 atom stereocenters. The highest BCUT2D eigenvalue weighted by Gasteiger charge is 2.17. The highest BCUT2D eigenvalue weighted by atomic mass is 35.5. The second-order valence-corrected chi connectivity index (χ2v) is 6.96. The third-order valence-corrected chi connectivity index (χ3v) is 4.14. The number of nitrogens with zero attached hydrogens (tertiary/aromatic N) is 5. The molecular formula is C17H20ClN7O3. The second kappa shape index (κ2) is 7.95. The maximum Gasteiger partial charge on any atom is 0.337 e. The molecule has 0 bridgehead atoms. The van der Waals surface area contributed by atoms with E-state index in [4.69, 9.17) is 16.7 Å². The molecule has 4 N–H and O–H groups in total. The average molecular weight is 406 g/mol. The fourth-order valence-electron chi connectivity index (χ4n) is 2.49. The number of benzene rings is 1. The van der Waals surface area contributed by atoms with E-state index in [0.29, 0.717) is 28.6 Å². The van der Waals surface area contributed by atoms with Crippen LogP contribution in [-0.2, 0) is 0 Å². The van der Waals surface area contributed by atoms with Crippen LogP contribution in [0.2, 0.25) is 5.02 Å². The van der Waals surface area contributed by atoms with Gasteiger partial charge in [-0.1, -0.05) is 16.8 Å². The first-order valence-corrected chi connectivity index (χ1v) is 8.98. The molecule has 0 aliphatic heterocycles. The number of rotatable bonds is 7. The summed E-state index contributed by atoms with van der Waals surface area (Å²) in [6.45, 7) is 5.83. The molecule has 0 radical (unpaired) electrons. The number of aromatic nitrogens is 5. The zero-order chi connectivity index (χ0) is 20.4. The molecule has 10 nitrogen and oxygen atoms in total. The number of carboxylic acids is 1. The molecule has 0 saturated carbocycles. The van der Waals surface area contributed by atoms with Crippen LogP contribution in [0, 0.1) is 0 Å². The fraction of sp³-hybridized carbons (Fsp3) is 0.353. The minimum Gasteiger partial charge on any atom is -0.478 e. The Bertz CT molecular complexity index is 1020. The van der Waals surface area contributed by atoms with Crippen molar-refractivity contribution in [1.82, 2.24) is 25.0 Å². The molecule has 11 heteroatoms. The highest BCUT2D eigenvalue weighted by molar-refractivity contribution is 6.33. The van der Waals surface area contributed by atoms with Crippen molar-refractivity contribution in [3.8, 4) is 0 Å². The Morgan fingerprint density at radius 1 is 1.29 bits per heavy atom. The zero-order valence-corrected chi connectivity index (χ0v) is 16.3. The van der Waals surface area contributed by atoms with Crippen LogP contribution < -0.4 is 10.6 Å². The predicted octanol–water partition coefficient (Wildman–Crippen LogP) is 2.69. The van der Waals surface area contributed by atoms with E-state index in [-0.39, 0.29) is 23.2 Å². The Balaban J connectivity index is 2.03. The number of hydrogen-bond donors (Lipinski definition) is 4. The second-order valence-electron chi connectivity index (χ2n) is 6.55. The van der Waals surface area contributed by atoms with Gasteiger partial charge in [-0.15, -0.1) is 5.10 Å². The third kappa shape index (κ3) is 4.12. The van der Waals surface area contributed by atoms with Crippen molar-refractivity contribution in [3.05, 3.63) is 28.8 Å². The van der Waals surface area contributed by atoms with Crippen molar-refractivity contribution in [2.75, 3.05) is 17.2 Å². The highest BCUT2D eigenvalue weighted by Crippen LogP contribution is 2.27. The van der Waals surface area contributed by atoms with Gasteiger partial charge in [0, 0.05) is 12.2 Å². The van der Waals surface area contributed by atoms with Gasteiger partial charge in [0.15, 0.2) is 17.0 Å². The first-order chi connectivity index (χ1) is 13.3. The van der Waals surface area contributed by atoms with Crippen LogP contribution in [0.1, 0.15) is 37.2 Å². The van der Waals surface area contributed by atoms with Gasteiger partial charge < -0.3 is 20.8 Å². The molecule has 2 heterocycles. The smallest absolute Gasteiger partial charge is 0.337 e. The predicted molar refractivity (Wildman–Crippen MR) is 105 cm³/mol. The molecule has 3 aromatic rings. The third-order valence-electron chi connectivity index (χ3n) is 3.83. The van der Waals surface area contributed by atoms with E-state index < -0.39 is 12.1 Å². The summed E-state index contributed by atoms with van der Waals surface area (Å²) in [6.07, 6.45) is -0.578. The summed E-state index contributed by atoms with van der Waals surface area (Å²) < 4.78 is 1.66. The van der Waals surface area contributed by atoms with Gasteiger partial charge >= 0.3 is 5.97 Å². The minimum atomic E-state index is -1.11. The number of carboxylic acid groups (broad SMARTS) is 1. The molecule has 0 saturated heterocycles. The van der Waals surface area contributed by atoms with Crippen LogP contribution >= 0.6 is 11.6 Å². The maximum absolute atomic E-state index is 11.1. The van der Waals surface area contributed by atoms with Crippen LogP contribution in [0.4, 0.5) is 17.5 Å². The van der Waals surface area contributed by atoms with Crippen molar-refractivity contribution in [2.45, 2.75) is 32.9 Å². The van der Waals surface area contributed by atoms with E-state index in [0.717, 1.165) is 0 Å². The van der Waals surface area contributed by atoms with E-state index in [1.54, 1.807) is 17.7 Å². The Morgan fingerprint density at radius 2 is 2.04 bits per heavy atom. The molecule has 1 aromatic carbocycles. The summed E-state index contributed by atoms with van der Waals surface area (Å²) in [4.78, 5) is 20.0. The summed E-state index contributed by atoms with van der Waals surface area (Å²) in [5.41, 5.74) is 1.52. The van der Waals surface area contributed by atoms with Gasteiger partial charge in [0.25, 0.3) is 0 Å². The average Bonchev–Trinajstić information content (AvgIpc) is 3.04. The minimum absolute atomic E-state index is 0.00472. The van der Waals surface area contributed by atoms with E-state index >= 15 is 0 Å². The van der Waals surface area contributed by atoms with E-state index in [1.165, 1.54) is 12.1 Å². The lowest BCUT2D eigenvalue weighted by Gasteiger charge is -2.12.